The lowest BCUT2D eigenvalue weighted by Crippen LogP contribution is -2.49. The Hall–Kier alpha value is -3.52. The third-order valence-electron chi connectivity index (χ3n) is 5.63. The minimum atomic E-state index is -4.70. The fourth-order valence-electron chi connectivity index (χ4n) is 3.85. The van der Waals surface area contributed by atoms with Crippen LogP contribution in [0.5, 0.6) is 0 Å². The van der Waals surface area contributed by atoms with E-state index < -0.39 is 51.6 Å². The van der Waals surface area contributed by atoms with Gasteiger partial charge in [0.25, 0.3) is 0 Å². The Morgan fingerprint density at radius 2 is 1.73 bits per heavy atom. The van der Waals surface area contributed by atoms with Gasteiger partial charge in [0, 0.05) is 18.7 Å². The molecular formula is C23H18F6N4O3S. The predicted octanol–water partition coefficient (Wildman–Crippen LogP) is 3.86. The molecule has 0 saturated carbocycles. The van der Waals surface area contributed by atoms with Crippen molar-refractivity contribution in [2.75, 3.05) is 6.54 Å². The molecule has 0 radical (unpaired) electrons. The fourth-order valence-corrected chi connectivity index (χ4v) is 5.48. The summed E-state index contributed by atoms with van der Waals surface area (Å²) in [6.07, 6.45) is -5.44. The van der Waals surface area contributed by atoms with E-state index in [9.17, 15) is 39.6 Å². The van der Waals surface area contributed by atoms with E-state index >= 15 is 0 Å². The highest BCUT2D eigenvalue weighted by Crippen LogP contribution is 2.30. The average Bonchev–Trinajstić information content (AvgIpc) is 3.24. The van der Waals surface area contributed by atoms with Gasteiger partial charge >= 0.3 is 6.18 Å². The van der Waals surface area contributed by atoms with Crippen LogP contribution in [-0.4, -0.2) is 47.4 Å². The van der Waals surface area contributed by atoms with Crippen LogP contribution in [0.1, 0.15) is 17.7 Å². The Bertz CT molecular complexity index is 1400. The lowest BCUT2D eigenvalue weighted by molar-refractivity contribution is -0.141. The van der Waals surface area contributed by atoms with Crippen LogP contribution in [0.15, 0.2) is 59.8 Å². The van der Waals surface area contributed by atoms with Crippen molar-refractivity contribution in [2.24, 2.45) is 0 Å². The summed E-state index contributed by atoms with van der Waals surface area (Å²) >= 11 is 0. The first-order valence-electron chi connectivity index (χ1n) is 10.7. The molecule has 1 amide bonds. The minimum absolute atomic E-state index is 0.0590. The molecule has 0 unspecified atom stereocenters. The monoisotopic (exact) mass is 544 g/mol. The van der Waals surface area contributed by atoms with Crippen LogP contribution >= 0.6 is 0 Å². The number of alkyl halides is 4. The van der Waals surface area contributed by atoms with Gasteiger partial charge in [-0.05, 0) is 54.4 Å². The molecule has 2 heterocycles. The van der Waals surface area contributed by atoms with Crippen molar-refractivity contribution < 1.29 is 39.6 Å². The maximum absolute atomic E-state index is 14.6. The molecule has 37 heavy (non-hydrogen) atoms. The van der Waals surface area contributed by atoms with Gasteiger partial charge in [0.2, 0.25) is 15.9 Å². The lowest BCUT2D eigenvalue weighted by atomic mass is 10.1. The largest absolute Gasteiger partial charge is 0.434 e. The normalized spacial score (nSPS) is 18.6. The van der Waals surface area contributed by atoms with Crippen molar-refractivity contribution in [3.63, 3.8) is 0 Å². The van der Waals surface area contributed by atoms with E-state index in [1.54, 1.807) is 0 Å². The topological polar surface area (TPSA) is 92.3 Å². The summed E-state index contributed by atoms with van der Waals surface area (Å²) in [5.41, 5.74) is -1.05. The van der Waals surface area contributed by atoms with Gasteiger partial charge < -0.3 is 5.32 Å². The maximum Gasteiger partial charge on any atom is 0.434 e. The van der Waals surface area contributed by atoms with Crippen LogP contribution in [0.3, 0.4) is 0 Å². The van der Waals surface area contributed by atoms with E-state index in [1.807, 2.05) is 0 Å². The molecule has 14 heteroatoms. The second kappa shape index (κ2) is 10.1. The highest BCUT2D eigenvalue weighted by Gasteiger charge is 2.46. The Morgan fingerprint density at radius 1 is 1.03 bits per heavy atom. The number of nitrogens with one attached hydrogen (secondary N) is 1. The minimum Gasteiger partial charge on any atom is -0.351 e. The van der Waals surface area contributed by atoms with E-state index in [0.29, 0.717) is 10.5 Å². The summed E-state index contributed by atoms with van der Waals surface area (Å²) in [7, 11) is -4.32. The van der Waals surface area contributed by atoms with Crippen molar-refractivity contribution >= 4 is 15.9 Å². The van der Waals surface area contributed by atoms with Crippen LogP contribution in [0.25, 0.3) is 11.3 Å². The van der Waals surface area contributed by atoms with Crippen molar-refractivity contribution in [1.29, 1.82) is 0 Å². The maximum atomic E-state index is 14.6. The average molecular weight is 544 g/mol. The number of benzene rings is 2. The number of halogens is 6. The van der Waals surface area contributed by atoms with E-state index in [0.717, 1.165) is 42.6 Å². The molecule has 3 aromatic rings. The van der Waals surface area contributed by atoms with Crippen molar-refractivity contribution in [2.45, 2.75) is 36.3 Å². The molecule has 2 aromatic carbocycles. The number of nitrogens with zero attached hydrogens (tertiary/aromatic N) is 3. The first-order valence-corrected chi connectivity index (χ1v) is 12.2. The number of carbonyl (C=O) groups excluding carboxylic acids is 1. The van der Waals surface area contributed by atoms with Gasteiger partial charge in [0.15, 0.2) is 5.69 Å². The van der Waals surface area contributed by atoms with E-state index in [4.69, 9.17) is 0 Å². The number of hydrogen-bond donors (Lipinski definition) is 1. The summed E-state index contributed by atoms with van der Waals surface area (Å²) in [5.74, 6) is -2.43. The molecule has 0 spiro atoms. The van der Waals surface area contributed by atoms with Crippen LogP contribution in [0.2, 0.25) is 0 Å². The van der Waals surface area contributed by atoms with Gasteiger partial charge in [0.1, 0.15) is 23.8 Å². The molecule has 196 valence electrons. The molecule has 2 atom stereocenters. The molecule has 1 aliphatic rings. The number of rotatable bonds is 6. The van der Waals surface area contributed by atoms with Gasteiger partial charge in [-0.2, -0.15) is 17.5 Å². The van der Waals surface area contributed by atoms with Crippen LogP contribution in [0, 0.1) is 11.6 Å². The highest BCUT2D eigenvalue weighted by atomic mass is 32.2. The second-order valence-corrected chi connectivity index (χ2v) is 10.1. The quantitative estimate of drug-likeness (QED) is 0.476. The van der Waals surface area contributed by atoms with Crippen LogP contribution in [0.4, 0.5) is 26.3 Å². The molecule has 4 rings (SSSR count). The first kappa shape index (κ1) is 26.5. The molecule has 1 aromatic heterocycles. The number of hydrogen-bond acceptors (Lipinski definition) is 5. The predicted molar refractivity (Wildman–Crippen MR) is 118 cm³/mol. The smallest absolute Gasteiger partial charge is 0.351 e. The standard InChI is InChI=1S/C23H18F6N4O3S/c24-15-1-3-17(4-2-15)37(35,36)33-6-5-18(26)21(33)22(34)32-10-13-7-14(9-16(25)8-13)19-11-31-20(12-30-19)23(27,28)29/h1-4,7-9,11-12,18,21H,5-6,10H2,(H,32,34)/t18-,21-/m0/s1. The molecule has 0 aliphatic carbocycles. The Kier molecular flexibility index (Phi) is 7.24. The van der Waals surface area contributed by atoms with E-state index in [-0.39, 0.29) is 41.2 Å². The number of sulfonamides is 1. The molecular weight excluding hydrogens is 526 g/mol. The summed E-state index contributed by atoms with van der Waals surface area (Å²) in [6.45, 7) is -0.624. The first-order chi connectivity index (χ1) is 17.4. The van der Waals surface area contributed by atoms with Crippen molar-refractivity contribution in [3.05, 3.63) is 77.8 Å². The molecule has 1 fully saturated rings. The second-order valence-electron chi connectivity index (χ2n) is 8.17. The van der Waals surface area contributed by atoms with Gasteiger partial charge in [0.05, 0.1) is 23.0 Å². The van der Waals surface area contributed by atoms with Crippen molar-refractivity contribution in [3.8, 4) is 11.3 Å². The summed E-state index contributed by atoms with van der Waals surface area (Å²) in [6, 6.07) is 5.54. The SMILES string of the molecule is O=C(NCc1cc(F)cc(-c2cnc(C(F)(F)F)cn2)c1)[C@@H]1[C@@H](F)CCN1S(=O)(=O)c1ccc(F)cc1. The third-order valence-corrected chi connectivity index (χ3v) is 7.52. The summed E-state index contributed by atoms with van der Waals surface area (Å²) < 4.78 is 107. The lowest BCUT2D eigenvalue weighted by Gasteiger charge is -2.24. The number of carbonyl (C=O) groups is 1. The van der Waals surface area contributed by atoms with Crippen LogP contribution in [-0.2, 0) is 27.5 Å². The third kappa shape index (κ3) is 5.74. The molecule has 1 saturated heterocycles. The van der Waals surface area contributed by atoms with Gasteiger partial charge in [-0.1, -0.05) is 0 Å². The molecule has 1 aliphatic heterocycles. The number of amides is 1. The Labute approximate surface area is 207 Å². The van der Waals surface area contributed by atoms with E-state index in [2.05, 4.69) is 15.3 Å². The molecule has 1 N–H and O–H groups in total. The van der Waals surface area contributed by atoms with E-state index in [1.165, 1.54) is 6.07 Å². The van der Waals surface area contributed by atoms with Crippen molar-refractivity contribution in [1.82, 2.24) is 19.6 Å². The highest BCUT2D eigenvalue weighted by molar-refractivity contribution is 7.89. The fraction of sp³-hybridized carbons (Fsp3) is 0.261. The summed E-state index contributed by atoms with van der Waals surface area (Å²) in [5, 5.41) is 2.37. The zero-order valence-electron chi connectivity index (χ0n) is 18.7. The van der Waals surface area contributed by atoms with Gasteiger partial charge in [-0.3, -0.25) is 9.78 Å². The van der Waals surface area contributed by atoms with Crippen LogP contribution < -0.4 is 5.32 Å². The molecule has 0 bridgehead atoms. The van der Waals surface area contributed by atoms with Gasteiger partial charge in [-0.15, -0.1) is 0 Å². The summed E-state index contributed by atoms with van der Waals surface area (Å²) in [4.78, 5) is 19.4. The van der Waals surface area contributed by atoms with Gasteiger partial charge in [-0.25, -0.2) is 26.6 Å². The molecule has 7 nitrogen and oxygen atoms in total. The zero-order valence-corrected chi connectivity index (χ0v) is 19.5. The Balaban J connectivity index is 1.51. The number of aromatic nitrogens is 2. The zero-order chi connectivity index (χ0) is 27.0. The Morgan fingerprint density at radius 3 is 2.35 bits per heavy atom.